The van der Waals surface area contributed by atoms with Crippen LogP contribution in [0, 0.1) is 0 Å². The van der Waals surface area contributed by atoms with Crippen molar-refractivity contribution in [1.29, 1.82) is 0 Å². The molecular formula is C22H23ClN6O3. The molecule has 0 aliphatic rings. The first-order valence-electron chi connectivity index (χ1n) is 10.5. The Bertz CT molecular complexity index is 1290. The minimum atomic E-state index is -0.404. The molecule has 3 aromatic heterocycles. The largest absolute Gasteiger partial charge is 0.350 e. The first-order chi connectivity index (χ1) is 15.5. The standard InChI is InChI=1S/C22H23ClN6O3/c1-3-5-12-27(4-2)18(30)14-29-22(31)28-13-6-7-17(20(28)25-29)21-24-19(26-32-21)15-8-10-16(23)11-9-15/h6-11,13H,3-5,12,14H2,1-2H3. The van der Waals surface area contributed by atoms with Crippen molar-refractivity contribution in [2.75, 3.05) is 13.1 Å². The molecule has 9 nitrogen and oxygen atoms in total. The van der Waals surface area contributed by atoms with Gasteiger partial charge in [-0.2, -0.15) is 4.98 Å². The molecule has 0 unspecified atom stereocenters. The van der Waals surface area contributed by atoms with Crippen molar-refractivity contribution in [2.45, 2.75) is 33.2 Å². The Kier molecular flexibility index (Phi) is 6.36. The molecule has 0 N–H and O–H groups in total. The minimum Gasteiger partial charge on any atom is -0.341 e. The second-order valence-electron chi connectivity index (χ2n) is 7.31. The van der Waals surface area contributed by atoms with E-state index < -0.39 is 5.69 Å². The van der Waals surface area contributed by atoms with Gasteiger partial charge in [0, 0.05) is 29.9 Å². The highest BCUT2D eigenvalue weighted by molar-refractivity contribution is 6.30. The lowest BCUT2D eigenvalue weighted by molar-refractivity contribution is -0.132. The Morgan fingerprint density at radius 1 is 1.19 bits per heavy atom. The van der Waals surface area contributed by atoms with Crippen molar-refractivity contribution in [3.8, 4) is 22.8 Å². The van der Waals surface area contributed by atoms with E-state index in [1.807, 2.05) is 6.92 Å². The van der Waals surface area contributed by atoms with Gasteiger partial charge in [-0.05, 0) is 49.7 Å². The third-order valence-corrected chi connectivity index (χ3v) is 5.42. The third kappa shape index (κ3) is 4.29. The summed E-state index contributed by atoms with van der Waals surface area (Å²) in [5.74, 6) is 0.475. The maximum Gasteiger partial charge on any atom is 0.350 e. The molecule has 3 heterocycles. The lowest BCUT2D eigenvalue weighted by Gasteiger charge is -2.20. The van der Waals surface area contributed by atoms with Gasteiger partial charge in [-0.25, -0.2) is 13.9 Å². The van der Waals surface area contributed by atoms with E-state index in [2.05, 4.69) is 22.2 Å². The van der Waals surface area contributed by atoms with E-state index in [1.165, 1.54) is 9.08 Å². The third-order valence-electron chi connectivity index (χ3n) is 5.17. The van der Waals surface area contributed by atoms with Crippen LogP contribution in [0.5, 0.6) is 0 Å². The van der Waals surface area contributed by atoms with E-state index in [0.717, 1.165) is 18.4 Å². The second kappa shape index (κ2) is 9.35. The highest BCUT2D eigenvalue weighted by atomic mass is 35.5. The monoisotopic (exact) mass is 454 g/mol. The van der Waals surface area contributed by atoms with Crippen LogP contribution in [0.2, 0.25) is 5.02 Å². The van der Waals surface area contributed by atoms with Crippen molar-refractivity contribution in [1.82, 2.24) is 29.2 Å². The molecule has 0 spiro atoms. The van der Waals surface area contributed by atoms with E-state index >= 15 is 0 Å². The van der Waals surface area contributed by atoms with E-state index in [-0.39, 0.29) is 18.3 Å². The van der Waals surface area contributed by atoms with Crippen LogP contribution in [-0.4, -0.2) is 48.2 Å². The smallest absolute Gasteiger partial charge is 0.341 e. The second-order valence-corrected chi connectivity index (χ2v) is 7.75. The molecule has 4 aromatic rings. The quantitative estimate of drug-likeness (QED) is 0.404. The number of unbranched alkanes of at least 4 members (excludes halogenated alkanes) is 1. The van der Waals surface area contributed by atoms with Gasteiger partial charge in [-0.1, -0.05) is 30.1 Å². The van der Waals surface area contributed by atoms with Crippen LogP contribution in [0.15, 0.2) is 51.9 Å². The molecule has 10 heteroatoms. The number of fused-ring (bicyclic) bond motifs is 1. The van der Waals surface area contributed by atoms with E-state index in [4.69, 9.17) is 16.1 Å². The summed E-state index contributed by atoms with van der Waals surface area (Å²) in [6, 6.07) is 10.5. The Hall–Kier alpha value is -3.46. The molecular weight excluding hydrogens is 432 g/mol. The molecule has 0 saturated carbocycles. The highest BCUT2D eigenvalue weighted by Gasteiger charge is 2.20. The number of benzene rings is 1. The van der Waals surface area contributed by atoms with Gasteiger partial charge < -0.3 is 9.42 Å². The van der Waals surface area contributed by atoms with Crippen molar-refractivity contribution >= 4 is 23.2 Å². The number of pyridine rings is 1. The number of hydrogen-bond donors (Lipinski definition) is 0. The van der Waals surface area contributed by atoms with Gasteiger partial charge in [-0.15, -0.1) is 5.10 Å². The highest BCUT2D eigenvalue weighted by Crippen LogP contribution is 2.25. The SMILES string of the molecule is CCCCN(CC)C(=O)Cn1nc2c(-c3nc(-c4ccc(Cl)cc4)no3)cccn2c1=O. The van der Waals surface area contributed by atoms with E-state index in [0.29, 0.717) is 35.1 Å². The zero-order valence-corrected chi connectivity index (χ0v) is 18.6. The van der Waals surface area contributed by atoms with Crippen molar-refractivity contribution in [3.05, 3.63) is 58.1 Å². The Balaban J connectivity index is 1.66. The first-order valence-corrected chi connectivity index (χ1v) is 10.9. The predicted octanol–water partition coefficient (Wildman–Crippen LogP) is 3.52. The predicted molar refractivity (Wildman–Crippen MR) is 120 cm³/mol. The van der Waals surface area contributed by atoms with Crippen molar-refractivity contribution < 1.29 is 9.32 Å². The number of halogens is 1. The molecule has 0 aliphatic carbocycles. The van der Waals surface area contributed by atoms with E-state index in [9.17, 15) is 9.59 Å². The van der Waals surface area contributed by atoms with Crippen LogP contribution in [0.3, 0.4) is 0 Å². The normalized spacial score (nSPS) is 11.2. The number of likely N-dealkylation sites (N-methyl/N-ethyl adjacent to an activating group) is 1. The minimum absolute atomic E-state index is 0.128. The summed E-state index contributed by atoms with van der Waals surface area (Å²) in [6.45, 7) is 5.11. The number of amides is 1. The molecule has 1 amide bonds. The summed E-state index contributed by atoms with van der Waals surface area (Å²) in [6.07, 6.45) is 3.50. The molecule has 1 aromatic carbocycles. The lowest BCUT2D eigenvalue weighted by Crippen LogP contribution is -2.37. The van der Waals surface area contributed by atoms with Crippen LogP contribution in [0.1, 0.15) is 26.7 Å². The average molecular weight is 455 g/mol. The lowest BCUT2D eigenvalue weighted by atomic mass is 10.2. The Labute approximate surface area is 189 Å². The number of carbonyl (C=O) groups is 1. The fourth-order valence-corrected chi connectivity index (χ4v) is 3.52. The van der Waals surface area contributed by atoms with Gasteiger partial charge in [0.25, 0.3) is 5.89 Å². The van der Waals surface area contributed by atoms with Crippen molar-refractivity contribution in [2.24, 2.45) is 0 Å². The van der Waals surface area contributed by atoms with Crippen LogP contribution in [0.25, 0.3) is 28.5 Å². The summed E-state index contributed by atoms with van der Waals surface area (Å²) >= 11 is 5.94. The van der Waals surface area contributed by atoms with Gasteiger partial charge in [0.1, 0.15) is 6.54 Å². The summed E-state index contributed by atoms with van der Waals surface area (Å²) in [4.78, 5) is 31.7. The fourth-order valence-electron chi connectivity index (χ4n) is 3.39. The number of carbonyl (C=O) groups excluding carboxylic acids is 1. The molecule has 0 bridgehead atoms. The maximum atomic E-state index is 12.8. The van der Waals surface area contributed by atoms with Crippen LogP contribution < -0.4 is 5.69 Å². The molecule has 0 radical (unpaired) electrons. The summed E-state index contributed by atoms with van der Waals surface area (Å²) in [5.41, 5.74) is 1.19. The Morgan fingerprint density at radius 2 is 1.97 bits per heavy atom. The molecule has 0 saturated heterocycles. The summed E-state index contributed by atoms with van der Waals surface area (Å²) in [5, 5.41) is 9.03. The molecule has 0 fully saturated rings. The van der Waals surface area contributed by atoms with Gasteiger partial charge in [0.2, 0.25) is 11.7 Å². The van der Waals surface area contributed by atoms with Gasteiger partial charge in [0.05, 0.1) is 5.56 Å². The van der Waals surface area contributed by atoms with Crippen molar-refractivity contribution in [3.63, 3.8) is 0 Å². The Morgan fingerprint density at radius 3 is 2.69 bits per heavy atom. The summed E-state index contributed by atoms with van der Waals surface area (Å²) in [7, 11) is 0. The fraction of sp³-hybridized carbons (Fsp3) is 0.318. The van der Waals surface area contributed by atoms with Crippen LogP contribution in [0.4, 0.5) is 0 Å². The van der Waals surface area contributed by atoms with Gasteiger partial charge in [-0.3, -0.25) is 4.79 Å². The zero-order chi connectivity index (χ0) is 22.7. The number of hydrogen-bond acceptors (Lipinski definition) is 6. The molecule has 0 aliphatic heterocycles. The molecule has 166 valence electrons. The average Bonchev–Trinajstić information content (AvgIpc) is 3.40. The molecule has 4 rings (SSSR count). The number of aromatic nitrogens is 5. The molecule has 32 heavy (non-hydrogen) atoms. The number of rotatable bonds is 8. The van der Waals surface area contributed by atoms with Gasteiger partial charge in [0.15, 0.2) is 5.65 Å². The zero-order valence-electron chi connectivity index (χ0n) is 17.9. The summed E-state index contributed by atoms with van der Waals surface area (Å²) < 4.78 is 7.98. The molecule has 0 atom stereocenters. The van der Waals surface area contributed by atoms with Crippen LogP contribution >= 0.6 is 11.6 Å². The topological polar surface area (TPSA) is 98.5 Å². The van der Waals surface area contributed by atoms with Crippen LogP contribution in [-0.2, 0) is 11.3 Å². The van der Waals surface area contributed by atoms with Gasteiger partial charge >= 0.3 is 5.69 Å². The number of nitrogens with zero attached hydrogens (tertiary/aromatic N) is 6. The first kappa shape index (κ1) is 21.8. The maximum absolute atomic E-state index is 12.8. The van der Waals surface area contributed by atoms with E-state index in [1.54, 1.807) is 47.5 Å².